The Balaban J connectivity index is 0.00000169. The molecule has 1 amide bonds. The summed E-state index contributed by atoms with van der Waals surface area (Å²) in [5.74, 6) is -0.328. The monoisotopic (exact) mass is 439 g/mol. The minimum absolute atomic E-state index is 0. The lowest BCUT2D eigenvalue weighted by Crippen LogP contribution is -2.57. The van der Waals surface area contributed by atoms with E-state index in [0.717, 1.165) is 15.2 Å². The fraction of sp³-hybridized carbons (Fsp3) is 0.500. The van der Waals surface area contributed by atoms with Crippen LogP contribution in [0.1, 0.15) is 17.8 Å². The highest BCUT2D eigenvalue weighted by molar-refractivity contribution is 7.92. The fourth-order valence-electron chi connectivity index (χ4n) is 3.18. The van der Waals surface area contributed by atoms with Gasteiger partial charge < -0.3 is 10.2 Å². The van der Waals surface area contributed by atoms with E-state index < -0.39 is 14.6 Å². The predicted molar refractivity (Wildman–Crippen MR) is 110 cm³/mol. The van der Waals surface area contributed by atoms with Gasteiger partial charge in [0.15, 0.2) is 14.6 Å². The van der Waals surface area contributed by atoms with Crippen LogP contribution in [-0.2, 0) is 21.2 Å². The molecule has 0 unspecified atom stereocenters. The molecule has 0 spiro atoms. The summed E-state index contributed by atoms with van der Waals surface area (Å²) in [6, 6.07) is 7.80. The first-order valence-corrected chi connectivity index (χ1v) is 10.5. The molecule has 0 radical (unpaired) electrons. The van der Waals surface area contributed by atoms with Gasteiger partial charge in [0, 0.05) is 13.3 Å². The van der Waals surface area contributed by atoms with E-state index in [9.17, 15) is 13.2 Å². The van der Waals surface area contributed by atoms with Gasteiger partial charge in [-0.3, -0.25) is 4.79 Å². The molecule has 0 bridgehead atoms. The molecule has 6 nitrogen and oxygen atoms in total. The van der Waals surface area contributed by atoms with Gasteiger partial charge in [-0.2, -0.15) is 0 Å². The quantitative estimate of drug-likeness (QED) is 0.789. The van der Waals surface area contributed by atoms with Gasteiger partial charge in [0.05, 0.1) is 16.8 Å². The maximum atomic E-state index is 13.0. The summed E-state index contributed by atoms with van der Waals surface area (Å²) in [5, 5.41) is 3.94. The van der Waals surface area contributed by atoms with Crippen LogP contribution in [0.25, 0.3) is 10.2 Å². The van der Waals surface area contributed by atoms with Crippen molar-refractivity contribution in [3.63, 3.8) is 0 Å². The summed E-state index contributed by atoms with van der Waals surface area (Å²) in [7, 11) is -1.84. The van der Waals surface area contributed by atoms with Crippen molar-refractivity contribution in [2.24, 2.45) is 0 Å². The van der Waals surface area contributed by atoms with Crippen LogP contribution in [-0.4, -0.2) is 55.3 Å². The van der Waals surface area contributed by atoms with E-state index in [1.807, 2.05) is 24.3 Å². The average Bonchev–Trinajstić information content (AvgIpc) is 2.95. The normalized spacial score (nSPS) is 16.4. The number of carbonyl (C=O) groups is 1. The highest BCUT2D eigenvalue weighted by atomic mass is 35.5. The van der Waals surface area contributed by atoms with Crippen molar-refractivity contribution >= 4 is 62.1 Å². The van der Waals surface area contributed by atoms with E-state index in [2.05, 4.69) is 10.3 Å². The lowest BCUT2D eigenvalue weighted by atomic mass is 9.95. The van der Waals surface area contributed by atoms with Gasteiger partial charge >= 0.3 is 0 Å². The van der Waals surface area contributed by atoms with Crippen molar-refractivity contribution < 1.29 is 13.2 Å². The number of hydrogen-bond donors (Lipinski definition) is 1. The SMILES string of the molecule is CN(Cc1nc2ccccc2s1)C(=O)C1(S(C)(=O)=O)CCNCC1.Cl.Cl. The Morgan fingerprint density at radius 1 is 1.27 bits per heavy atom. The predicted octanol–water partition coefficient (Wildman–Crippen LogP) is 2.27. The maximum Gasteiger partial charge on any atom is 0.244 e. The smallest absolute Gasteiger partial charge is 0.244 e. The summed E-state index contributed by atoms with van der Waals surface area (Å²) in [4.78, 5) is 19.0. The van der Waals surface area contributed by atoms with Crippen LogP contribution in [0.4, 0.5) is 0 Å². The molecule has 1 aromatic heterocycles. The molecule has 1 aliphatic rings. The van der Waals surface area contributed by atoms with Crippen molar-refractivity contribution in [3.05, 3.63) is 29.3 Å². The van der Waals surface area contributed by atoms with Crippen LogP contribution in [0.2, 0.25) is 0 Å². The van der Waals surface area contributed by atoms with Crippen LogP contribution in [0, 0.1) is 0 Å². The van der Waals surface area contributed by atoms with Crippen LogP contribution in [0.3, 0.4) is 0 Å². The molecular weight excluding hydrogens is 417 g/mol. The zero-order valence-corrected chi connectivity index (χ0v) is 17.9. The lowest BCUT2D eigenvalue weighted by molar-refractivity contribution is -0.134. The third-order valence-electron chi connectivity index (χ3n) is 4.57. The number of para-hydroxylation sites is 1. The first kappa shape index (κ1) is 23.1. The Labute approximate surface area is 170 Å². The van der Waals surface area contributed by atoms with Gasteiger partial charge in [-0.15, -0.1) is 36.2 Å². The number of thiazole rings is 1. The van der Waals surface area contributed by atoms with Crippen molar-refractivity contribution in [1.82, 2.24) is 15.2 Å². The van der Waals surface area contributed by atoms with Gasteiger partial charge in [-0.1, -0.05) is 12.1 Å². The van der Waals surface area contributed by atoms with E-state index in [-0.39, 0.29) is 30.7 Å². The third-order valence-corrected chi connectivity index (χ3v) is 7.59. The van der Waals surface area contributed by atoms with Gasteiger partial charge in [0.25, 0.3) is 0 Å². The summed E-state index contributed by atoms with van der Waals surface area (Å²) < 4.78 is 24.5. The molecule has 1 saturated heterocycles. The van der Waals surface area contributed by atoms with Crippen LogP contribution in [0.5, 0.6) is 0 Å². The highest BCUT2D eigenvalue weighted by Crippen LogP contribution is 2.31. The number of amides is 1. The molecule has 0 saturated carbocycles. The number of fused-ring (bicyclic) bond motifs is 1. The van der Waals surface area contributed by atoms with E-state index in [1.165, 1.54) is 22.5 Å². The molecule has 2 aromatic rings. The number of hydrogen-bond acceptors (Lipinski definition) is 6. The number of sulfone groups is 1. The first-order chi connectivity index (χ1) is 11.3. The largest absolute Gasteiger partial charge is 0.338 e. The highest BCUT2D eigenvalue weighted by Gasteiger charge is 2.49. The molecule has 1 N–H and O–H groups in total. The van der Waals surface area contributed by atoms with Crippen molar-refractivity contribution in [2.75, 3.05) is 26.4 Å². The Bertz CT molecular complexity index is 832. The molecule has 0 aliphatic carbocycles. The van der Waals surface area contributed by atoms with Gasteiger partial charge in [0.2, 0.25) is 5.91 Å². The van der Waals surface area contributed by atoms with E-state index in [1.54, 1.807) is 7.05 Å². The number of benzene rings is 1. The van der Waals surface area contributed by atoms with Crippen LogP contribution in [0.15, 0.2) is 24.3 Å². The zero-order chi connectivity index (χ0) is 17.4. The zero-order valence-electron chi connectivity index (χ0n) is 14.6. The minimum atomic E-state index is -3.50. The van der Waals surface area contributed by atoms with E-state index >= 15 is 0 Å². The first-order valence-electron chi connectivity index (χ1n) is 7.84. The van der Waals surface area contributed by atoms with Crippen LogP contribution < -0.4 is 5.32 Å². The second-order valence-electron chi connectivity index (χ2n) is 6.25. The van der Waals surface area contributed by atoms with Crippen molar-refractivity contribution in [3.8, 4) is 0 Å². The number of carbonyl (C=O) groups excluding carboxylic acids is 1. The number of rotatable bonds is 4. The minimum Gasteiger partial charge on any atom is -0.338 e. The van der Waals surface area contributed by atoms with Gasteiger partial charge in [0.1, 0.15) is 5.01 Å². The number of halogens is 2. The molecule has 1 aliphatic heterocycles. The fourth-order valence-corrected chi connectivity index (χ4v) is 5.62. The molecular formula is C16H23Cl2N3O3S2. The van der Waals surface area contributed by atoms with Gasteiger partial charge in [-0.25, -0.2) is 13.4 Å². The van der Waals surface area contributed by atoms with Crippen LogP contribution >= 0.6 is 36.2 Å². The number of aromatic nitrogens is 1. The third kappa shape index (κ3) is 4.31. The molecule has 3 rings (SSSR count). The second-order valence-corrected chi connectivity index (χ2v) is 9.69. The molecule has 10 heteroatoms. The van der Waals surface area contributed by atoms with Crippen molar-refractivity contribution in [1.29, 1.82) is 0 Å². The molecule has 2 heterocycles. The molecule has 0 atom stereocenters. The Morgan fingerprint density at radius 2 is 1.88 bits per heavy atom. The maximum absolute atomic E-state index is 13.0. The summed E-state index contributed by atoms with van der Waals surface area (Å²) in [6.45, 7) is 1.39. The number of nitrogens with one attached hydrogen (secondary N) is 1. The molecule has 26 heavy (non-hydrogen) atoms. The summed E-state index contributed by atoms with van der Waals surface area (Å²) >= 11 is 1.53. The lowest BCUT2D eigenvalue weighted by Gasteiger charge is -2.37. The Hall–Kier alpha value is -0.930. The van der Waals surface area contributed by atoms with Crippen molar-refractivity contribution in [2.45, 2.75) is 24.1 Å². The summed E-state index contributed by atoms with van der Waals surface area (Å²) in [5.41, 5.74) is 0.901. The van der Waals surface area contributed by atoms with Gasteiger partial charge in [-0.05, 0) is 38.1 Å². The van der Waals surface area contributed by atoms with E-state index in [0.29, 0.717) is 32.5 Å². The number of nitrogens with zero attached hydrogens (tertiary/aromatic N) is 2. The molecule has 1 aromatic carbocycles. The summed E-state index contributed by atoms with van der Waals surface area (Å²) in [6.07, 6.45) is 1.80. The topological polar surface area (TPSA) is 79.4 Å². The Kier molecular flexibility index (Phi) is 7.86. The number of piperidine rings is 1. The Morgan fingerprint density at radius 3 is 2.46 bits per heavy atom. The second kappa shape index (κ2) is 8.84. The average molecular weight is 440 g/mol. The van der Waals surface area contributed by atoms with E-state index in [4.69, 9.17) is 0 Å². The standard InChI is InChI=1S/C16H21N3O3S2.2ClH/c1-19(11-14-18-12-5-3-4-6-13(12)23-14)15(20)16(24(2,21)22)7-9-17-10-8-16;;/h3-6,17H,7-11H2,1-2H3;2*1H. The molecule has 1 fully saturated rings. The molecule has 146 valence electrons.